The summed E-state index contributed by atoms with van der Waals surface area (Å²) in [7, 11) is 0. The number of halogens is 1. The summed E-state index contributed by atoms with van der Waals surface area (Å²) < 4.78 is 0. The minimum atomic E-state index is -0.828. The molecule has 6 nitrogen and oxygen atoms in total. The summed E-state index contributed by atoms with van der Waals surface area (Å²) in [5.41, 5.74) is 0.642. The summed E-state index contributed by atoms with van der Waals surface area (Å²) in [5.74, 6) is -0.983. The lowest BCUT2D eigenvalue weighted by Crippen LogP contribution is -2.29. The van der Waals surface area contributed by atoms with Crippen LogP contribution in [0.4, 0.5) is 5.69 Å². The highest BCUT2D eigenvalue weighted by Crippen LogP contribution is 2.22. The van der Waals surface area contributed by atoms with Crippen molar-refractivity contribution < 1.29 is 14.8 Å². The molecule has 0 aliphatic heterocycles. The van der Waals surface area contributed by atoms with Crippen molar-refractivity contribution in [1.82, 2.24) is 5.32 Å². The number of carbonyl (C=O) groups is 1. The van der Waals surface area contributed by atoms with Crippen LogP contribution >= 0.6 is 11.6 Å². The lowest BCUT2D eigenvalue weighted by molar-refractivity contribution is -0.384. The van der Waals surface area contributed by atoms with E-state index in [0.29, 0.717) is 36.0 Å². The summed E-state index contributed by atoms with van der Waals surface area (Å²) in [6, 6.07) is 4.25. The van der Waals surface area contributed by atoms with Gasteiger partial charge in [0, 0.05) is 25.2 Å². The van der Waals surface area contributed by atoms with Crippen molar-refractivity contribution in [2.24, 2.45) is 11.8 Å². The fourth-order valence-corrected chi connectivity index (χ4v) is 2.26. The first-order chi connectivity index (χ1) is 9.81. The highest BCUT2D eigenvalue weighted by molar-refractivity contribution is 6.31. The van der Waals surface area contributed by atoms with Crippen molar-refractivity contribution in [1.29, 1.82) is 0 Å². The number of nitro benzene ring substituents is 1. The van der Waals surface area contributed by atoms with Crippen molar-refractivity contribution in [2.45, 2.75) is 26.8 Å². The van der Waals surface area contributed by atoms with Gasteiger partial charge in [-0.1, -0.05) is 25.4 Å². The number of nitrogens with zero attached hydrogens (tertiary/aromatic N) is 1. The molecule has 1 rings (SSSR count). The molecule has 2 N–H and O–H groups in total. The number of rotatable bonds is 8. The molecule has 0 aromatic heterocycles. The molecular formula is C14H19ClN2O4. The Kier molecular flexibility index (Phi) is 6.58. The van der Waals surface area contributed by atoms with Crippen LogP contribution in [0.25, 0.3) is 0 Å². The van der Waals surface area contributed by atoms with Crippen LogP contribution in [-0.2, 0) is 11.3 Å². The summed E-state index contributed by atoms with van der Waals surface area (Å²) in [6.45, 7) is 4.66. The maximum absolute atomic E-state index is 11.1. The van der Waals surface area contributed by atoms with Crippen molar-refractivity contribution in [3.63, 3.8) is 0 Å². The van der Waals surface area contributed by atoms with Crippen LogP contribution in [0.2, 0.25) is 5.02 Å². The zero-order valence-corrected chi connectivity index (χ0v) is 12.8. The van der Waals surface area contributed by atoms with Crippen LogP contribution in [-0.4, -0.2) is 22.5 Å². The molecule has 1 unspecified atom stereocenters. The van der Waals surface area contributed by atoms with Gasteiger partial charge in [-0.25, -0.2) is 0 Å². The zero-order valence-electron chi connectivity index (χ0n) is 12.0. The molecule has 116 valence electrons. The fourth-order valence-electron chi connectivity index (χ4n) is 2.01. The third-order valence-corrected chi connectivity index (χ3v) is 3.41. The predicted octanol–water partition coefficient (Wildman–Crippen LogP) is 3.08. The number of non-ortho nitro benzene ring substituents is 1. The molecule has 0 bridgehead atoms. The van der Waals surface area contributed by atoms with E-state index in [2.05, 4.69) is 5.32 Å². The van der Waals surface area contributed by atoms with E-state index >= 15 is 0 Å². The summed E-state index contributed by atoms with van der Waals surface area (Å²) in [5, 5.41) is 23.1. The van der Waals surface area contributed by atoms with Crippen molar-refractivity contribution in [3.8, 4) is 0 Å². The zero-order chi connectivity index (χ0) is 16.0. The maximum Gasteiger partial charge on any atom is 0.307 e. The van der Waals surface area contributed by atoms with Crippen molar-refractivity contribution in [3.05, 3.63) is 38.9 Å². The minimum absolute atomic E-state index is 0.0630. The Morgan fingerprint density at radius 3 is 2.62 bits per heavy atom. The highest BCUT2D eigenvalue weighted by Gasteiger charge is 2.18. The number of aliphatic carboxylic acids is 1. The van der Waals surface area contributed by atoms with Crippen LogP contribution in [0.1, 0.15) is 25.8 Å². The van der Waals surface area contributed by atoms with Crippen molar-refractivity contribution >= 4 is 23.3 Å². The predicted molar refractivity (Wildman–Crippen MR) is 80.4 cm³/mol. The molecule has 0 radical (unpaired) electrons. The Balaban J connectivity index is 2.58. The maximum atomic E-state index is 11.1. The number of hydrogen-bond acceptors (Lipinski definition) is 4. The van der Waals surface area contributed by atoms with E-state index in [1.807, 2.05) is 13.8 Å². The fraction of sp³-hybridized carbons (Fsp3) is 0.500. The third kappa shape index (κ3) is 5.69. The number of nitro groups is 1. The van der Waals surface area contributed by atoms with E-state index in [1.165, 1.54) is 12.1 Å². The topological polar surface area (TPSA) is 92.5 Å². The summed E-state index contributed by atoms with van der Waals surface area (Å²) in [6.07, 6.45) is 0.594. The molecule has 0 amide bonds. The van der Waals surface area contributed by atoms with E-state index in [9.17, 15) is 14.9 Å². The second-order valence-electron chi connectivity index (χ2n) is 5.33. The van der Waals surface area contributed by atoms with Crippen LogP contribution in [0.15, 0.2) is 18.2 Å². The minimum Gasteiger partial charge on any atom is -0.481 e. The monoisotopic (exact) mass is 314 g/mol. The van der Waals surface area contributed by atoms with Crippen LogP contribution < -0.4 is 5.32 Å². The molecule has 0 saturated carbocycles. The van der Waals surface area contributed by atoms with Crippen LogP contribution in [0, 0.1) is 22.0 Å². The van der Waals surface area contributed by atoms with E-state index in [4.69, 9.17) is 16.7 Å². The molecule has 1 aromatic rings. The number of hydrogen-bond donors (Lipinski definition) is 2. The molecule has 1 aromatic carbocycles. The highest BCUT2D eigenvalue weighted by atomic mass is 35.5. The van der Waals surface area contributed by atoms with Gasteiger partial charge in [-0.3, -0.25) is 14.9 Å². The van der Waals surface area contributed by atoms with E-state index < -0.39 is 16.8 Å². The largest absolute Gasteiger partial charge is 0.481 e. The van der Waals surface area contributed by atoms with E-state index in [-0.39, 0.29) is 5.69 Å². The van der Waals surface area contributed by atoms with Crippen LogP contribution in [0.3, 0.4) is 0 Å². The third-order valence-electron chi connectivity index (χ3n) is 3.06. The van der Waals surface area contributed by atoms with Gasteiger partial charge in [0.2, 0.25) is 0 Å². The van der Waals surface area contributed by atoms with Gasteiger partial charge in [-0.2, -0.15) is 0 Å². The molecule has 0 fully saturated rings. The second kappa shape index (κ2) is 7.95. The van der Waals surface area contributed by atoms with Gasteiger partial charge in [0.15, 0.2) is 0 Å². The quantitative estimate of drug-likeness (QED) is 0.568. The molecule has 1 atom stereocenters. The molecule has 7 heteroatoms. The number of carboxylic acid groups (broad SMARTS) is 1. The van der Waals surface area contributed by atoms with Crippen molar-refractivity contribution in [2.75, 3.05) is 6.54 Å². The number of benzene rings is 1. The van der Waals surface area contributed by atoms with E-state index in [0.717, 1.165) is 0 Å². The summed E-state index contributed by atoms with van der Waals surface area (Å²) >= 11 is 5.97. The summed E-state index contributed by atoms with van der Waals surface area (Å²) in [4.78, 5) is 21.2. The van der Waals surface area contributed by atoms with Gasteiger partial charge in [0.05, 0.1) is 15.9 Å². The van der Waals surface area contributed by atoms with Gasteiger partial charge >= 0.3 is 5.97 Å². The molecule has 0 heterocycles. The standard InChI is InChI=1S/C14H19ClN2O4/c1-9(2)5-11(14(18)19)8-16-7-10-3-4-12(17(20)21)6-13(10)15/h3-4,6,9,11,16H,5,7-8H2,1-2H3,(H,18,19). The molecular weight excluding hydrogens is 296 g/mol. The average Bonchev–Trinajstić information content (AvgIpc) is 2.38. The Morgan fingerprint density at radius 1 is 1.48 bits per heavy atom. The van der Waals surface area contributed by atoms with Crippen LogP contribution in [0.5, 0.6) is 0 Å². The molecule has 0 aliphatic rings. The average molecular weight is 315 g/mol. The molecule has 0 aliphatic carbocycles. The SMILES string of the molecule is CC(C)CC(CNCc1ccc([N+](=O)[O-])cc1Cl)C(=O)O. The smallest absolute Gasteiger partial charge is 0.307 e. The number of nitrogens with one attached hydrogen (secondary N) is 1. The van der Waals surface area contributed by atoms with Gasteiger partial charge in [-0.05, 0) is 24.0 Å². The first kappa shape index (κ1) is 17.4. The lowest BCUT2D eigenvalue weighted by Gasteiger charge is -2.15. The molecule has 0 spiro atoms. The Morgan fingerprint density at radius 2 is 2.14 bits per heavy atom. The normalized spacial score (nSPS) is 12.4. The van der Waals surface area contributed by atoms with Gasteiger partial charge in [0.25, 0.3) is 5.69 Å². The van der Waals surface area contributed by atoms with Gasteiger partial charge < -0.3 is 10.4 Å². The Labute approximate surface area is 128 Å². The molecule has 0 saturated heterocycles. The second-order valence-corrected chi connectivity index (χ2v) is 5.74. The Hall–Kier alpha value is -1.66. The number of carboxylic acids is 1. The first-order valence-electron chi connectivity index (χ1n) is 6.67. The van der Waals surface area contributed by atoms with E-state index in [1.54, 1.807) is 6.07 Å². The molecule has 21 heavy (non-hydrogen) atoms. The first-order valence-corrected chi connectivity index (χ1v) is 7.05. The lowest BCUT2D eigenvalue weighted by atomic mass is 9.97. The van der Waals surface area contributed by atoms with Gasteiger partial charge in [0.1, 0.15) is 0 Å². The van der Waals surface area contributed by atoms with Gasteiger partial charge in [-0.15, -0.1) is 0 Å². The Bertz CT molecular complexity index is 520.